The number of pyridine rings is 2. The van der Waals surface area contributed by atoms with E-state index in [1.54, 1.807) is 38.5 Å². The Morgan fingerprint density at radius 2 is 1.82 bits per heavy atom. The van der Waals surface area contributed by atoms with Crippen molar-refractivity contribution in [2.24, 2.45) is 20.0 Å². The lowest BCUT2D eigenvalue weighted by Crippen LogP contribution is -2.38. The molecule has 0 saturated carbocycles. The fraction of sp³-hybridized carbons (Fsp3) is 0.350. The van der Waals surface area contributed by atoms with Crippen molar-refractivity contribution in [1.82, 2.24) is 14.1 Å². The fourth-order valence-electron chi connectivity index (χ4n) is 3.11. The van der Waals surface area contributed by atoms with Gasteiger partial charge in [-0.1, -0.05) is 13.8 Å². The summed E-state index contributed by atoms with van der Waals surface area (Å²) < 4.78 is 7.77. The Balaban J connectivity index is 2.47. The van der Waals surface area contributed by atoms with E-state index in [0.29, 0.717) is 16.8 Å². The van der Waals surface area contributed by atoms with E-state index in [0.717, 1.165) is 4.57 Å². The van der Waals surface area contributed by atoms with E-state index in [-0.39, 0.29) is 29.1 Å². The SMILES string of the molecule is Cc1nc2c(c(-c3cc[nH+]cc3)c1C(=O)OCC(C)C)c(=O)n(C)c(=O)n2C. The van der Waals surface area contributed by atoms with E-state index >= 15 is 0 Å². The first-order chi connectivity index (χ1) is 13.2. The van der Waals surface area contributed by atoms with Gasteiger partial charge in [0.1, 0.15) is 5.65 Å². The topological polar surface area (TPSA) is 97.3 Å². The quantitative estimate of drug-likeness (QED) is 0.631. The van der Waals surface area contributed by atoms with Crippen molar-refractivity contribution in [1.29, 1.82) is 0 Å². The van der Waals surface area contributed by atoms with E-state index < -0.39 is 17.2 Å². The van der Waals surface area contributed by atoms with Crippen LogP contribution in [0.3, 0.4) is 0 Å². The molecule has 0 aliphatic carbocycles. The van der Waals surface area contributed by atoms with Crippen LogP contribution in [0.5, 0.6) is 0 Å². The highest BCUT2D eigenvalue weighted by atomic mass is 16.5. The average Bonchev–Trinajstić information content (AvgIpc) is 2.68. The molecule has 0 saturated heterocycles. The third-order valence-electron chi connectivity index (χ3n) is 4.53. The second-order valence-electron chi connectivity index (χ2n) is 7.13. The number of carbonyl (C=O) groups excluding carboxylic acids is 1. The Morgan fingerprint density at radius 3 is 2.43 bits per heavy atom. The highest BCUT2D eigenvalue weighted by molar-refractivity contribution is 6.06. The summed E-state index contributed by atoms with van der Waals surface area (Å²) in [5.74, 6) is -0.375. The number of nitrogens with one attached hydrogen (secondary N) is 1. The van der Waals surface area contributed by atoms with Gasteiger partial charge < -0.3 is 4.74 Å². The maximum atomic E-state index is 13.0. The molecule has 0 aliphatic rings. The van der Waals surface area contributed by atoms with E-state index in [1.165, 1.54) is 11.6 Å². The van der Waals surface area contributed by atoms with Crippen LogP contribution in [0.25, 0.3) is 22.2 Å². The molecular weight excluding hydrogens is 360 g/mol. The third-order valence-corrected chi connectivity index (χ3v) is 4.53. The molecule has 146 valence electrons. The van der Waals surface area contributed by atoms with Crippen LogP contribution in [-0.2, 0) is 18.8 Å². The lowest BCUT2D eigenvalue weighted by Gasteiger charge is -2.17. The van der Waals surface area contributed by atoms with Gasteiger partial charge in [0.05, 0.1) is 23.3 Å². The van der Waals surface area contributed by atoms with Gasteiger partial charge in [0, 0.05) is 31.8 Å². The maximum Gasteiger partial charge on any atom is 0.340 e. The number of aromatic nitrogens is 4. The van der Waals surface area contributed by atoms with Crippen molar-refractivity contribution in [3.8, 4) is 11.1 Å². The van der Waals surface area contributed by atoms with E-state index in [1.807, 2.05) is 13.8 Å². The molecule has 0 bridgehead atoms. The molecule has 0 atom stereocenters. The number of nitrogens with zero attached hydrogens (tertiary/aromatic N) is 3. The summed E-state index contributed by atoms with van der Waals surface area (Å²) in [6.45, 7) is 5.81. The third kappa shape index (κ3) is 3.21. The molecule has 0 fully saturated rings. The van der Waals surface area contributed by atoms with E-state index in [9.17, 15) is 14.4 Å². The minimum absolute atomic E-state index is 0.168. The summed E-state index contributed by atoms with van der Waals surface area (Å²) in [6.07, 6.45) is 3.40. The summed E-state index contributed by atoms with van der Waals surface area (Å²) in [7, 11) is 2.96. The molecule has 28 heavy (non-hydrogen) atoms. The maximum absolute atomic E-state index is 13.0. The molecule has 0 aromatic carbocycles. The minimum Gasteiger partial charge on any atom is -0.462 e. The number of fused-ring (bicyclic) bond motifs is 1. The monoisotopic (exact) mass is 383 g/mol. The van der Waals surface area contributed by atoms with Crippen LogP contribution in [0, 0.1) is 12.8 Å². The van der Waals surface area contributed by atoms with Gasteiger partial charge in [-0.2, -0.15) is 0 Å². The number of esters is 1. The molecule has 3 heterocycles. The highest BCUT2D eigenvalue weighted by Crippen LogP contribution is 2.31. The highest BCUT2D eigenvalue weighted by Gasteiger charge is 2.26. The average molecular weight is 383 g/mol. The number of hydrogen-bond donors (Lipinski definition) is 0. The number of carbonyl (C=O) groups is 1. The Labute approximate surface area is 161 Å². The minimum atomic E-state index is -0.542. The summed E-state index contributed by atoms with van der Waals surface area (Å²) >= 11 is 0. The van der Waals surface area contributed by atoms with Crippen molar-refractivity contribution >= 4 is 17.0 Å². The summed E-state index contributed by atoms with van der Waals surface area (Å²) in [5, 5.41) is 0.206. The van der Waals surface area contributed by atoms with Gasteiger partial charge in [-0.15, -0.1) is 0 Å². The summed E-state index contributed by atoms with van der Waals surface area (Å²) in [6, 6.07) is 3.52. The molecule has 0 amide bonds. The van der Waals surface area contributed by atoms with Gasteiger partial charge in [0.2, 0.25) is 0 Å². The summed E-state index contributed by atoms with van der Waals surface area (Å²) in [4.78, 5) is 45.6. The van der Waals surface area contributed by atoms with Gasteiger partial charge in [0.25, 0.3) is 5.56 Å². The largest absolute Gasteiger partial charge is 0.462 e. The number of rotatable bonds is 4. The fourth-order valence-corrected chi connectivity index (χ4v) is 3.11. The second-order valence-corrected chi connectivity index (χ2v) is 7.13. The zero-order valence-electron chi connectivity index (χ0n) is 16.6. The Morgan fingerprint density at radius 1 is 1.18 bits per heavy atom. The molecule has 3 aromatic heterocycles. The molecule has 0 unspecified atom stereocenters. The van der Waals surface area contributed by atoms with E-state index in [2.05, 4.69) is 9.97 Å². The lowest BCUT2D eigenvalue weighted by molar-refractivity contribution is -0.377. The second kappa shape index (κ2) is 7.38. The van der Waals surface area contributed by atoms with Gasteiger partial charge in [-0.05, 0) is 18.4 Å². The summed E-state index contributed by atoms with van der Waals surface area (Å²) in [5.41, 5.74) is 0.942. The first-order valence-corrected chi connectivity index (χ1v) is 8.98. The zero-order chi connectivity index (χ0) is 20.6. The number of aryl methyl sites for hydroxylation is 2. The normalized spacial score (nSPS) is 11.2. The van der Waals surface area contributed by atoms with Crippen LogP contribution in [0.4, 0.5) is 0 Å². The van der Waals surface area contributed by atoms with Crippen molar-refractivity contribution in [2.75, 3.05) is 6.61 Å². The Hall–Kier alpha value is -3.29. The van der Waals surface area contributed by atoms with Gasteiger partial charge in [0.15, 0.2) is 12.4 Å². The molecule has 8 nitrogen and oxygen atoms in total. The van der Waals surface area contributed by atoms with Gasteiger partial charge >= 0.3 is 11.7 Å². The molecule has 1 N–H and O–H groups in total. The van der Waals surface area contributed by atoms with Gasteiger partial charge in [-0.25, -0.2) is 19.6 Å². The van der Waals surface area contributed by atoms with Crippen molar-refractivity contribution < 1.29 is 14.5 Å². The number of aromatic amines is 1. The van der Waals surface area contributed by atoms with Crippen LogP contribution >= 0.6 is 0 Å². The smallest absolute Gasteiger partial charge is 0.340 e. The van der Waals surface area contributed by atoms with Crippen molar-refractivity contribution in [2.45, 2.75) is 20.8 Å². The molecular formula is C20H23N4O4+. The number of ether oxygens (including phenoxy) is 1. The van der Waals surface area contributed by atoms with Crippen LogP contribution in [0.2, 0.25) is 0 Å². The van der Waals surface area contributed by atoms with Crippen molar-refractivity contribution in [3.63, 3.8) is 0 Å². The van der Waals surface area contributed by atoms with Crippen molar-refractivity contribution in [3.05, 3.63) is 56.6 Å². The first kappa shape index (κ1) is 19.5. The first-order valence-electron chi connectivity index (χ1n) is 8.98. The molecule has 8 heteroatoms. The van der Waals surface area contributed by atoms with Crippen LogP contribution in [-0.4, -0.2) is 26.7 Å². The molecule has 0 aliphatic heterocycles. The lowest BCUT2D eigenvalue weighted by atomic mass is 9.96. The number of hydrogen-bond acceptors (Lipinski definition) is 5. The predicted octanol–water partition coefficient (Wildman–Crippen LogP) is 1.23. The zero-order valence-corrected chi connectivity index (χ0v) is 16.6. The predicted molar refractivity (Wildman–Crippen MR) is 104 cm³/mol. The van der Waals surface area contributed by atoms with E-state index in [4.69, 9.17) is 4.74 Å². The Bertz CT molecular complexity index is 1180. The van der Waals surface area contributed by atoms with Gasteiger partial charge in [-0.3, -0.25) is 13.9 Å². The molecule has 0 radical (unpaired) electrons. The molecule has 3 aromatic rings. The molecule has 3 rings (SSSR count). The number of H-pyrrole nitrogens is 1. The Kier molecular flexibility index (Phi) is 5.13. The standard InChI is InChI=1S/C20H22N4O4/c1-11(2)10-28-19(26)14-12(3)22-17-16(15(14)13-6-8-21-9-7-13)18(25)24(5)20(27)23(17)4/h6-9,11H,10H2,1-5H3/p+1. The van der Waals surface area contributed by atoms with Crippen LogP contribution in [0.15, 0.2) is 34.1 Å². The van der Waals surface area contributed by atoms with Crippen LogP contribution in [0.1, 0.15) is 29.9 Å². The van der Waals surface area contributed by atoms with Crippen LogP contribution < -0.4 is 16.2 Å². The molecule has 0 spiro atoms.